The van der Waals surface area contributed by atoms with E-state index in [1.807, 2.05) is 19.1 Å². The van der Waals surface area contributed by atoms with Gasteiger partial charge in [-0.15, -0.1) is 0 Å². The van der Waals surface area contributed by atoms with Crippen LogP contribution >= 0.6 is 11.8 Å². The fourth-order valence-corrected chi connectivity index (χ4v) is 3.57. The molecule has 0 unspecified atom stereocenters. The maximum atomic E-state index is 12.8. The molecule has 0 saturated carbocycles. The zero-order valence-electron chi connectivity index (χ0n) is 14.3. The quantitative estimate of drug-likeness (QED) is 0.440. The zero-order valence-corrected chi connectivity index (χ0v) is 15.1. The van der Waals surface area contributed by atoms with E-state index in [4.69, 9.17) is 0 Å². The Hall–Kier alpha value is -2.93. The minimum Gasteiger partial charge on any atom is -0.268 e. The number of anilines is 1. The highest BCUT2D eigenvalue weighted by Crippen LogP contribution is 2.39. The number of allylic oxidation sites excluding steroid dienone is 1. The van der Waals surface area contributed by atoms with Crippen LogP contribution in [0.25, 0.3) is 5.57 Å². The van der Waals surface area contributed by atoms with Gasteiger partial charge in [-0.1, -0.05) is 19.1 Å². The smallest absolute Gasteiger partial charge is 0.268 e. The van der Waals surface area contributed by atoms with Crippen molar-refractivity contribution in [1.29, 1.82) is 0 Å². The Morgan fingerprint density at radius 1 is 1.08 bits per heavy atom. The van der Waals surface area contributed by atoms with Gasteiger partial charge in [-0.3, -0.25) is 19.7 Å². The second-order valence-corrected chi connectivity index (χ2v) is 6.75. The Morgan fingerprint density at radius 2 is 1.69 bits per heavy atom. The van der Waals surface area contributed by atoms with Crippen molar-refractivity contribution < 1.29 is 14.5 Å². The van der Waals surface area contributed by atoms with Crippen LogP contribution < -0.4 is 4.90 Å². The van der Waals surface area contributed by atoms with Crippen LogP contribution in [0.5, 0.6) is 0 Å². The van der Waals surface area contributed by atoms with Gasteiger partial charge >= 0.3 is 0 Å². The number of nitrogens with zero attached hydrogens (tertiary/aromatic N) is 2. The van der Waals surface area contributed by atoms with Crippen LogP contribution in [0.2, 0.25) is 0 Å². The van der Waals surface area contributed by atoms with Crippen molar-refractivity contribution in [3.8, 4) is 0 Å². The monoisotopic (exact) mass is 368 g/mol. The Morgan fingerprint density at radius 3 is 2.23 bits per heavy atom. The maximum Gasteiger partial charge on any atom is 0.298 e. The summed E-state index contributed by atoms with van der Waals surface area (Å²) in [6.07, 6.45) is 0.876. The molecule has 6 nitrogen and oxygen atoms in total. The summed E-state index contributed by atoms with van der Waals surface area (Å²) < 4.78 is 0. The molecule has 0 bridgehead atoms. The average molecular weight is 368 g/mol. The third-order valence-electron chi connectivity index (χ3n) is 4.22. The summed E-state index contributed by atoms with van der Waals surface area (Å²) in [6, 6.07) is 13.2. The fourth-order valence-electron chi connectivity index (χ4n) is 2.67. The molecule has 0 atom stereocenters. The second-order valence-electron chi connectivity index (χ2n) is 5.79. The van der Waals surface area contributed by atoms with E-state index in [0.29, 0.717) is 21.7 Å². The maximum absolute atomic E-state index is 12.8. The summed E-state index contributed by atoms with van der Waals surface area (Å²) in [5, 5.41) is 10.4. The standard InChI is InChI=1S/C19H16N2O4S/c1-3-13-4-8-15(9-5-13)20-18(22)17(26-19(20)23)12(2)14-6-10-16(11-7-14)21(24)25/h4-11H,3H2,1-2H3/b17-12-. The van der Waals surface area contributed by atoms with Gasteiger partial charge in [0, 0.05) is 12.1 Å². The lowest BCUT2D eigenvalue weighted by atomic mass is 10.1. The lowest BCUT2D eigenvalue weighted by Crippen LogP contribution is -2.27. The van der Waals surface area contributed by atoms with Crippen molar-refractivity contribution in [1.82, 2.24) is 0 Å². The molecule has 0 radical (unpaired) electrons. The minimum atomic E-state index is -0.479. The van der Waals surface area contributed by atoms with Crippen LogP contribution in [0.4, 0.5) is 16.2 Å². The molecule has 2 aromatic carbocycles. The van der Waals surface area contributed by atoms with Crippen LogP contribution in [0.1, 0.15) is 25.0 Å². The number of thioether (sulfide) groups is 1. The van der Waals surface area contributed by atoms with Crippen molar-refractivity contribution in [2.24, 2.45) is 0 Å². The zero-order chi connectivity index (χ0) is 18.8. The average Bonchev–Trinajstić information content (AvgIpc) is 2.95. The number of benzene rings is 2. The number of rotatable bonds is 4. The third-order valence-corrected chi connectivity index (χ3v) is 5.27. The number of nitro benzene ring substituents is 1. The van der Waals surface area contributed by atoms with Crippen molar-refractivity contribution in [3.05, 3.63) is 74.7 Å². The topological polar surface area (TPSA) is 80.5 Å². The number of hydrogen-bond donors (Lipinski definition) is 0. The lowest BCUT2D eigenvalue weighted by molar-refractivity contribution is -0.384. The SMILES string of the molecule is CCc1ccc(N2C(=O)S/C(=C(/C)c3ccc([N+](=O)[O-])cc3)C2=O)cc1. The molecule has 1 fully saturated rings. The number of carbonyl (C=O) groups excluding carboxylic acids is 2. The van der Waals surface area contributed by atoms with Gasteiger partial charge in [-0.05, 0) is 66.1 Å². The number of non-ortho nitro benzene ring substituents is 1. The molecular weight excluding hydrogens is 352 g/mol. The Labute approximate surface area is 154 Å². The molecular formula is C19H16N2O4S. The molecule has 2 amide bonds. The molecule has 1 heterocycles. The molecule has 3 rings (SSSR count). The molecule has 7 heteroatoms. The predicted molar refractivity (Wildman–Crippen MR) is 102 cm³/mol. The summed E-state index contributed by atoms with van der Waals surface area (Å²) in [5.74, 6) is -0.375. The molecule has 0 aromatic heterocycles. The molecule has 26 heavy (non-hydrogen) atoms. The Kier molecular flexibility index (Phi) is 4.90. The third kappa shape index (κ3) is 3.25. The number of nitro groups is 1. The van der Waals surface area contributed by atoms with E-state index >= 15 is 0 Å². The van der Waals surface area contributed by atoms with Crippen LogP contribution in [-0.2, 0) is 11.2 Å². The normalized spacial score (nSPS) is 16.2. The first kappa shape index (κ1) is 17.9. The summed E-state index contributed by atoms with van der Waals surface area (Å²) in [4.78, 5) is 36.9. The van der Waals surface area contributed by atoms with E-state index in [1.54, 1.807) is 31.2 Å². The Balaban J connectivity index is 1.93. The van der Waals surface area contributed by atoms with Gasteiger partial charge in [-0.2, -0.15) is 0 Å². The molecule has 1 aliphatic heterocycles. The molecule has 0 aliphatic carbocycles. The van der Waals surface area contributed by atoms with Gasteiger partial charge in [0.05, 0.1) is 15.5 Å². The van der Waals surface area contributed by atoms with E-state index in [1.165, 1.54) is 12.1 Å². The molecule has 1 aliphatic rings. The van der Waals surface area contributed by atoms with Gasteiger partial charge in [0.1, 0.15) is 0 Å². The van der Waals surface area contributed by atoms with Crippen LogP contribution in [-0.4, -0.2) is 16.1 Å². The molecule has 0 N–H and O–H groups in total. The highest BCUT2D eigenvalue weighted by molar-refractivity contribution is 8.19. The lowest BCUT2D eigenvalue weighted by Gasteiger charge is -2.13. The number of imide groups is 1. The van der Waals surface area contributed by atoms with E-state index in [9.17, 15) is 19.7 Å². The number of aryl methyl sites for hydroxylation is 1. The summed E-state index contributed by atoms with van der Waals surface area (Å²) in [7, 11) is 0. The van der Waals surface area contributed by atoms with Crippen molar-refractivity contribution in [3.63, 3.8) is 0 Å². The fraction of sp³-hybridized carbons (Fsp3) is 0.158. The highest BCUT2D eigenvalue weighted by Gasteiger charge is 2.37. The number of carbonyl (C=O) groups is 2. The van der Waals surface area contributed by atoms with Gasteiger partial charge in [0.15, 0.2) is 0 Å². The van der Waals surface area contributed by atoms with Crippen molar-refractivity contribution in [2.75, 3.05) is 4.90 Å². The van der Waals surface area contributed by atoms with Gasteiger partial charge in [0.25, 0.3) is 16.8 Å². The van der Waals surface area contributed by atoms with E-state index in [2.05, 4.69) is 0 Å². The van der Waals surface area contributed by atoms with Crippen molar-refractivity contribution >= 4 is 39.9 Å². The van der Waals surface area contributed by atoms with Gasteiger partial charge in [0.2, 0.25) is 0 Å². The first-order chi connectivity index (χ1) is 12.4. The predicted octanol–water partition coefficient (Wildman–Crippen LogP) is 4.79. The first-order valence-corrected chi connectivity index (χ1v) is 8.85. The second kappa shape index (κ2) is 7.13. The van der Waals surface area contributed by atoms with E-state index in [0.717, 1.165) is 28.6 Å². The molecule has 1 saturated heterocycles. The highest BCUT2D eigenvalue weighted by atomic mass is 32.2. The van der Waals surface area contributed by atoms with Crippen LogP contribution in [0.3, 0.4) is 0 Å². The number of amides is 2. The molecule has 132 valence electrons. The first-order valence-electron chi connectivity index (χ1n) is 8.03. The van der Waals surface area contributed by atoms with Crippen LogP contribution in [0.15, 0.2) is 53.4 Å². The summed E-state index contributed by atoms with van der Waals surface area (Å²) in [5.41, 5.74) is 2.93. The number of hydrogen-bond acceptors (Lipinski definition) is 5. The summed E-state index contributed by atoms with van der Waals surface area (Å²) in [6.45, 7) is 3.77. The molecule has 0 spiro atoms. The van der Waals surface area contributed by atoms with Crippen LogP contribution in [0, 0.1) is 10.1 Å². The van der Waals surface area contributed by atoms with E-state index in [-0.39, 0.29) is 16.8 Å². The summed E-state index contributed by atoms with van der Waals surface area (Å²) >= 11 is 0.883. The minimum absolute atomic E-state index is 0.0225. The van der Waals surface area contributed by atoms with E-state index < -0.39 is 4.92 Å². The molecule has 2 aromatic rings. The van der Waals surface area contributed by atoms with Gasteiger partial charge in [-0.25, -0.2) is 4.90 Å². The largest absolute Gasteiger partial charge is 0.298 e. The van der Waals surface area contributed by atoms with Gasteiger partial charge < -0.3 is 0 Å². The van der Waals surface area contributed by atoms with Crippen molar-refractivity contribution in [2.45, 2.75) is 20.3 Å². The Bertz CT molecular complexity index is 918.